The monoisotopic (exact) mass is 465 g/mol. The van der Waals surface area contributed by atoms with Crippen LogP contribution in [0.25, 0.3) is 11.0 Å². The molecule has 9 nitrogen and oxygen atoms in total. The summed E-state index contributed by atoms with van der Waals surface area (Å²) in [6.07, 6.45) is 0. The molecule has 1 aliphatic heterocycles. The molecule has 0 radical (unpaired) electrons. The number of aromatic nitrogens is 2. The third-order valence-electron chi connectivity index (χ3n) is 5.53. The van der Waals surface area contributed by atoms with E-state index in [1.807, 2.05) is 0 Å². The predicted molar refractivity (Wildman–Crippen MR) is 122 cm³/mol. The van der Waals surface area contributed by atoms with E-state index in [1.54, 1.807) is 50.4 Å². The quantitative estimate of drug-likeness (QED) is 0.439. The summed E-state index contributed by atoms with van der Waals surface area (Å²) >= 11 is 1.24. The molecule has 168 valence electrons. The fourth-order valence-corrected chi connectivity index (χ4v) is 4.72. The van der Waals surface area contributed by atoms with Gasteiger partial charge >= 0.3 is 0 Å². The van der Waals surface area contributed by atoms with E-state index in [4.69, 9.17) is 18.6 Å². The fraction of sp³-hybridized carbons (Fsp3) is 0.217. The van der Waals surface area contributed by atoms with E-state index in [9.17, 15) is 9.59 Å². The Kier molecular flexibility index (Phi) is 5.01. The van der Waals surface area contributed by atoms with Crippen LogP contribution in [-0.4, -0.2) is 37.4 Å². The molecule has 10 heteroatoms. The molecular weight excluding hydrogens is 446 g/mol. The van der Waals surface area contributed by atoms with Crippen molar-refractivity contribution in [3.63, 3.8) is 0 Å². The second-order valence-electron chi connectivity index (χ2n) is 7.33. The summed E-state index contributed by atoms with van der Waals surface area (Å²) in [5, 5.41) is 9.59. The number of aryl methyl sites for hydroxylation is 1. The largest absolute Gasteiger partial charge is 0.497 e. The van der Waals surface area contributed by atoms with Crippen LogP contribution in [0.3, 0.4) is 0 Å². The second-order valence-corrected chi connectivity index (χ2v) is 8.49. The summed E-state index contributed by atoms with van der Waals surface area (Å²) in [5.41, 5.74) is 0.716. The summed E-state index contributed by atoms with van der Waals surface area (Å²) in [4.78, 5) is 28.7. The van der Waals surface area contributed by atoms with Gasteiger partial charge in [-0.3, -0.25) is 14.5 Å². The molecule has 5 rings (SSSR count). The number of methoxy groups -OCH3 is 3. The normalized spacial score (nSPS) is 15.1. The third-order valence-corrected chi connectivity index (χ3v) is 6.37. The highest BCUT2D eigenvalue weighted by molar-refractivity contribution is 7.15. The number of ether oxygens (including phenoxy) is 3. The maximum absolute atomic E-state index is 13.7. The summed E-state index contributed by atoms with van der Waals surface area (Å²) in [6.45, 7) is 1.79. The van der Waals surface area contributed by atoms with Gasteiger partial charge in [0.25, 0.3) is 5.91 Å². The summed E-state index contributed by atoms with van der Waals surface area (Å²) < 4.78 is 22.2. The van der Waals surface area contributed by atoms with Gasteiger partial charge in [0.05, 0.1) is 32.3 Å². The number of nitrogens with zero attached hydrogens (tertiary/aromatic N) is 3. The molecule has 0 unspecified atom stereocenters. The third kappa shape index (κ3) is 3.21. The van der Waals surface area contributed by atoms with Gasteiger partial charge in [-0.2, -0.15) is 0 Å². The highest BCUT2D eigenvalue weighted by atomic mass is 32.1. The minimum absolute atomic E-state index is 0.0523. The van der Waals surface area contributed by atoms with E-state index in [0.29, 0.717) is 38.3 Å². The maximum atomic E-state index is 13.7. The number of hydrogen-bond donors (Lipinski definition) is 0. The van der Waals surface area contributed by atoms with Gasteiger partial charge in [0.15, 0.2) is 5.43 Å². The Morgan fingerprint density at radius 2 is 1.70 bits per heavy atom. The zero-order valence-electron chi connectivity index (χ0n) is 18.2. The Morgan fingerprint density at radius 1 is 0.970 bits per heavy atom. The number of carbonyl (C=O) groups excluding carboxylic acids is 1. The highest BCUT2D eigenvalue weighted by Gasteiger charge is 2.46. The molecule has 0 saturated carbocycles. The van der Waals surface area contributed by atoms with Gasteiger partial charge in [-0.1, -0.05) is 11.3 Å². The van der Waals surface area contributed by atoms with Crippen molar-refractivity contribution >= 4 is 33.3 Å². The standard InChI is InChI=1S/C23H19N3O6S/c1-11-24-25-23(33-11)26-19(15-9-12(29-2)6-8-16(15)31-4)18-20(27)14-7-5-13(30-3)10-17(14)32-21(18)22(26)28/h5-10,19H,1-4H3/t19-/m0/s1. The smallest absolute Gasteiger partial charge is 0.297 e. The molecule has 4 aromatic rings. The summed E-state index contributed by atoms with van der Waals surface area (Å²) in [7, 11) is 4.58. The number of hydrogen-bond acceptors (Lipinski definition) is 9. The van der Waals surface area contributed by atoms with E-state index >= 15 is 0 Å². The van der Waals surface area contributed by atoms with Gasteiger partial charge in [-0.25, -0.2) is 0 Å². The van der Waals surface area contributed by atoms with Crippen molar-refractivity contribution in [1.29, 1.82) is 0 Å². The fourth-order valence-electron chi connectivity index (χ4n) is 4.01. The van der Waals surface area contributed by atoms with Gasteiger partial charge in [0.1, 0.15) is 33.9 Å². The lowest BCUT2D eigenvalue weighted by molar-refractivity contribution is 0.0970. The van der Waals surface area contributed by atoms with E-state index in [0.717, 1.165) is 0 Å². The maximum Gasteiger partial charge on any atom is 0.297 e. The minimum atomic E-state index is -0.840. The van der Waals surface area contributed by atoms with Crippen molar-refractivity contribution < 1.29 is 23.4 Å². The Bertz CT molecular complexity index is 1460. The van der Waals surface area contributed by atoms with Crippen LogP contribution in [0.15, 0.2) is 45.6 Å². The van der Waals surface area contributed by atoms with Crippen molar-refractivity contribution in [1.82, 2.24) is 10.2 Å². The number of carbonyl (C=O) groups is 1. The first-order valence-corrected chi connectivity index (χ1v) is 10.8. The Morgan fingerprint density at radius 3 is 2.36 bits per heavy atom. The first kappa shape index (κ1) is 21.0. The minimum Gasteiger partial charge on any atom is -0.497 e. The van der Waals surface area contributed by atoms with Gasteiger partial charge in [0, 0.05) is 11.6 Å². The molecule has 0 fully saturated rings. The molecule has 0 N–H and O–H groups in total. The molecule has 0 spiro atoms. The van der Waals surface area contributed by atoms with E-state index in [1.165, 1.54) is 30.5 Å². The van der Waals surface area contributed by atoms with Crippen molar-refractivity contribution in [2.75, 3.05) is 26.2 Å². The van der Waals surface area contributed by atoms with Crippen LogP contribution < -0.4 is 24.5 Å². The number of amides is 1. The molecule has 1 aliphatic rings. The zero-order chi connectivity index (χ0) is 23.3. The molecule has 2 aromatic carbocycles. The summed E-state index contributed by atoms with van der Waals surface area (Å²) in [5.74, 6) is 1.01. The lowest BCUT2D eigenvalue weighted by Crippen LogP contribution is -2.29. The number of rotatable bonds is 5. The molecular formula is C23H19N3O6S. The van der Waals surface area contributed by atoms with Crippen LogP contribution in [0, 0.1) is 6.92 Å². The first-order valence-electron chi connectivity index (χ1n) is 9.97. The van der Waals surface area contributed by atoms with Gasteiger partial charge < -0.3 is 18.6 Å². The predicted octanol–water partition coefficient (Wildman–Crippen LogP) is 3.73. The van der Waals surface area contributed by atoms with E-state index < -0.39 is 11.9 Å². The molecule has 1 amide bonds. The average Bonchev–Trinajstić information content (AvgIpc) is 3.39. The number of benzene rings is 2. The van der Waals surface area contributed by atoms with Crippen LogP contribution in [0.4, 0.5) is 5.13 Å². The lowest BCUT2D eigenvalue weighted by Gasteiger charge is -2.24. The van der Waals surface area contributed by atoms with Crippen LogP contribution in [0.2, 0.25) is 0 Å². The second kappa shape index (κ2) is 7.89. The molecule has 0 bridgehead atoms. The topological polar surface area (TPSA) is 104 Å². The van der Waals surface area contributed by atoms with Crippen LogP contribution >= 0.6 is 11.3 Å². The molecule has 33 heavy (non-hydrogen) atoms. The molecule has 0 aliphatic carbocycles. The molecule has 3 heterocycles. The Hall–Kier alpha value is -3.92. The van der Waals surface area contributed by atoms with E-state index in [2.05, 4.69) is 10.2 Å². The van der Waals surface area contributed by atoms with Crippen LogP contribution in [0.5, 0.6) is 17.2 Å². The molecule has 2 aromatic heterocycles. The molecule has 0 saturated heterocycles. The highest BCUT2D eigenvalue weighted by Crippen LogP contribution is 2.45. The lowest BCUT2D eigenvalue weighted by atomic mass is 9.97. The SMILES string of the molecule is COc1ccc(OC)c([C@H]2c3c(oc4cc(OC)ccc4c3=O)C(=O)N2c2nnc(C)s2)c1. The zero-order valence-corrected chi connectivity index (χ0v) is 19.1. The summed E-state index contributed by atoms with van der Waals surface area (Å²) in [6, 6.07) is 9.26. The van der Waals surface area contributed by atoms with Crippen molar-refractivity contribution in [2.24, 2.45) is 0 Å². The molecule has 1 atom stereocenters. The van der Waals surface area contributed by atoms with E-state index in [-0.39, 0.29) is 22.3 Å². The van der Waals surface area contributed by atoms with Crippen LogP contribution in [-0.2, 0) is 0 Å². The van der Waals surface area contributed by atoms with Gasteiger partial charge in [0.2, 0.25) is 10.9 Å². The Balaban J connectivity index is 1.84. The number of anilines is 1. The first-order chi connectivity index (χ1) is 16.0. The van der Waals surface area contributed by atoms with Crippen molar-refractivity contribution in [3.05, 3.63) is 68.5 Å². The van der Waals surface area contributed by atoms with Crippen LogP contribution in [0.1, 0.15) is 32.7 Å². The number of fused-ring (bicyclic) bond motifs is 2. The van der Waals surface area contributed by atoms with Gasteiger partial charge in [-0.15, -0.1) is 10.2 Å². The van der Waals surface area contributed by atoms with Crippen molar-refractivity contribution in [2.45, 2.75) is 13.0 Å². The van der Waals surface area contributed by atoms with Crippen molar-refractivity contribution in [3.8, 4) is 17.2 Å². The average molecular weight is 465 g/mol. The Labute approximate surface area is 192 Å². The van der Waals surface area contributed by atoms with Gasteiger partial charge in [-0.05, 0) is 37.3 Å².